The lowest BCUT2D eigenvalue weighted by Crippen LogP contribution is -2.49. The third kappa shape index (κ3) is 7.09. The van der Waals surface area contributed by atoms with Crippen LogP contribution in [0.3, 0.4) is 0 Å². The molecule has 0 aromatic heterocycles. The Morgan fingerprint density at radius 3 is 2.26 bits per heavy atom. The van der Waals surface area contributed by atoms with E-state index in [9.17, 15) is 18.0 Å². The molecule has 2 amide bonds. The third-order valence-corrected chi connectivity index (χ3v) is 7.67. The summed E-state index contributed by atoms with van der Waals surface area (Å²) in [5.41, 5.74) is 0.446. The number of amides is 2. The highest BCUT2D eigenvalue weighted by Gasteiger charge is 2.28. The summed E-state index contributed by atoms with van der Waals surface area (Å²) < 4.78 is 27.9. The van der Waals surface area contributed by atoms with E-state index in [-0.39, 0.29) is 51.8 Å². The van der Waals surface area contributed by atoms with Gasteiger partial charge in [0, 0.05) is 36.8 Å². The largest absolute Gasteiger partial charge is 0.363 e. The zero-order valence-corrected chi connectivity index (χ0v) is 23.1. The molecule has 4 rings (SSSR count). The molecule has 1 aliphatic heterocycles. The van der Waals surface area contributed by atoms with E-state index < -0.39 is 15.9 Å². The zero-order valence-electron chi connectivity index (χ0n) is 20.0. The Balaban J connectivity index is 0.00000400. The lowest BCUT2D eigenvalue weighted by Gasteiger charge is -2.27. The highest BCUT2D eigenvalue weighted by molar-refractivity contribution is 7.92. The number of nitrogens with zero attached hydrogens (tertiary/aromatic N) is 2. The Morgan fingerprint density at radius 2 is 1.63 bits per heavy atom. The number of benzene rings is 3. The first-order chi connectivity index (χ1) is 17.8. The molecule has 13 heteroatoms. The van der Waals surface area contributed by atoms with E-state index in [1.165, 1.54) is 42.5 Å². The van der Waals surface area contributed by atoms with Crippen LogP contribution in [0.1, 0.15) is 10.4 Å². The van der Waals surface area contributed by atoms with Crippen LogP contribution in [0.15, 0.2) is 77.7 Å². The van der Waals surface area contributed by atoms with E-state index in [0.29, 0.717) is 31.2 Å². The number of hydrogen-bond acceptors (Lipinski definition) is 6. The minimum absolute atomic E-state index is 0. The summed E-state index contributed by atoms with van der Waals surface area (Å²) >= 11 is 12.2. The molecule has 0 atom stereocenters. The molecule has 38 heavy (non-hydrogen) atoms. The molecule has 1 heterocycles. The molecular weight excluding hydrogens is 575 g/mol. The van der Waals surface area contributed by atoms with Gasteiger partial charge < -0.3 is 20.4 Å². The van der Waals surface area contributed by atoms with Crippen molar-refractivity contribution in [1.82, 2.24) is 15.5 Å². The molecule has 1 saturated heterocycles. The lowest BCUT2D eigenvalue weighted by molar-refractivity contribution is -0.130. The van der Waals surface area contributed by atoms with Gasteiger partial charge >= 0.3 is 0 Å². The summed E-state index contributed by atoms with van der Waals surface area (Å²) in [6.07, 6.45) is 0. The van der Waals surface area contributed by atoms with Crippen LogP contribution in [0.4, 0.5) is 5.69 Å². The summed E-state index contributed by atoms with van der Waals surface area (Å²) in [7, 11) is -4.24. The second-order valence-corrected chi connectivity index (χ2v) is 10.7. The van der Waals surface area contributed by atoms with Gasteiger partial charge in [-0.1, -0.05) is 45.9 Å². The molecule has 3 aromatic rings. The predicted molar refractivity (Wildman–Crippen MR) is 149 cm³/mol. The second kappa shape index (κ2) is 13.2. The zero-order chi connectivity index (χ0) is 26.4. The normalized spacial score (nSPS) is 13.3. The fraction of sp³-hybridized carbons (Fsp3) is 0.200. The molecule has 0 unspecified atom stereocenters. The molecule has 0 saturated carbocycles. The second-order valence-electron chi connectivity index (χ2n) is 8.07. The Hall–Kier alpha value is -3.02. The van der Waals surface area contributed by atoms with Crippen molar-refractivity contribution in [3.63, 3.8) is 0 Å². The van der Waals surface area contributed by atoms with Crippen molar-refractivity contribution >= 4 is 63.1 Å². The molecule has 2 N–H and O–H groups in total. The molecular formula is C25H25Cl3N4O5S. The fourth-order valence-corrected chi connectivity index (χ4v) is 5.28. The van der Waals surface area contributed by atoms with Crippen molar-refractivity contribution in [3.8, 4) is 5.75 Å². The van der Waals surface area contributed by atoms with Crippen molar-refractivity contribution < 1.29 is 22.8 Å². The number of halogens is 3. The van der Waals surface area contributed by atoms with Crippen molar-refractivity contribution in [2.24, 2.45) is 0 Å². The number of rotatable bonds is 8. The Kier molecular flexibility index (Phi) is 10.2. The fourth-order valence-electron chi connectivity index (χ4n) is 3.59. The van der Waals surface area contributed by atoms with Crippen LogP contribution in [0.5, 0.6) is 5.75 Å². The van der Waals surface area contributed by atoms with Gasteiger partial charge in [0.25, 0.3) is 15.9 Å². The first-order valence-electron chi connectivity index (χ1n) is 11.4. The highest BCUT2D eigenvalue weighted by Crippen LogP contribution is 2.32. The maximum absolute atomic E-state index is 13.6. The van der Waals surface area contributed by atoms with Crippen LogP contribution < -0.4 is 19.9 Å². The highest BCUT2D eigenvalue weighted by atomic mass is 35.5. The SMILES string of the molecule is Cl.O=C(NCC(=O)N1CCNCC1)c1ccc(S(=O)(=O)N(Oc2ccc(Cl)cc2Cl)c2ccccc2)cc1. The van der Waals surface area contributed by atoms with Crippen molar-refractivity contribution in [3.05, 3.63) is 88.4 Å². The predicted octanol–water partition coefficient (Wildman–Crippen LogP) is 3.77. The molecule has 1 aliphatic rings. The van der Waals surface area contributed by atoms with Gasteiger partial charge in [-0.3, -0.25) is 9.59 Å². The average molecular weight is 600 g/mol. The topological polar surface area (TPSA) is 108 Å². The molecule has 202 valence electrons. The number of carbonyl (C=O) groups is 2. The van der Waals surface area contributed by atoms with Crippen LogP contribution in [-0.4, -0.2) is 57.9 Å². The summed E-state index contributed by atoms with van der Waals surface area (Å²) in [6.45, 7) is 2.45. The van der Waals surface area contributed by atoms with Crippen LogP contribution in [0.2, 0.25) is 10.0 Å². The van der Waals surface area contributed by atoms with Gasteiger partial charge in [0.15, 0.2) is 5.75 Å². The molecule has 0 aliphatic carbocycles. The average Bonchev–Trinajstić information content (AvgIpc) is 2.92. The molecule has 9 nitrogen and oxygen atoms in total. The van der Waals surface area contributed by atoms with Crippen LogP contribution >= 0.6 is 35.6 Å². The molecule has 3 aromatic carbocycles. The number of sulfonamides is 1. The number of carbonyl (C=O) groups excluding carboxylic acids is 2. The monoisotopic (exact) mass is 598 g/mol. The van der Waals surface area contributed by atoms with Crippen molar-refractivity contribution in [2.45, 2.75) is 4.90 Å². The van der Waals surface area contributed by atoms with Crippen molar-refractivity contribution in [1.29, 1.82) is 0 Å². The van der Waals surface area contributed by atoms with Gasteiger partial charge in [-0.25, -0.2) is 0 Å². The van der Waals surface area contributed by atoms with Gasteiger partial charge in [0.05, 0.1) is 22.2 Å². The molecule has 0 spiro atoms. The number of para-hydroxylation sites is 1. The van der Waals surface area contributed by atoms with E-state index >= 15 is 0 Å². The quantitative estimate of drug-likeness (QED) is 0.382. The molecule has 0 bridgehead atoms. The standard InChI is InChI=1S/C25H24Cl2N4O5S.ClH/c26-19-8-11-23(22(27)16-19)36-31(20-4-2-1-3-5-20)37(34,35)21-9-6-18(7-10-21)25(33)29-17-24(32)30-14-12-28-13-15-30;/h1-11,16,28H,12-15,17H2,(H,29,33);1H. The Labute approximate surface area is 237 Å². The lowest BCUT2D eigenvalue weighted by atomic mass is 10.2. The first kappa shape index (κ1) is 29.5. The first-order valence-corrected chi connectivity index (χ1v) is 13.6. The van der Waals surface area contributed by atoms with Crippen LogP contribution in [-0.2, 0) is 14.8 Å². The number of piperazine rings is 1. The van der Waals surface area contributed by atoms with Gasteiger partial charge in [0.2, 0.25) is 5.91 Å². The summed E-state index contributed by atoms with van der Waals surface area (Å²) in [5, 5.41) is 6.25. The van der Waals surface area contributed by atoms with E-state index in [0.717, 1.165) is 4.47 Å². The van der Waals surface area contributed by atoms with Crippen LogP contribution in [0, 0.1) is 0 Å². The molecule has 1 fully saturated rings. The van der Waals surface area contributed by atoms with Gasteiger partial charge in [0.1, 0.15) is 0 Å². The molecule has 0 radical (unpaired) electrons. The Bertz CT molecular complexity index is 1370. The minimum Gasteiger partial charge on any atom is -0.363 e. The number of nitrogens with one attached hydrogen (secondary N) is 2. The minimum atomic E-state index is -4.24. The van der Waals surface area contributed by atoms with Gasteiger partial charge in [-0.2, -0.15) is 8.42 Å². The van der Waals surface area contributed by atoms with E-state index in [4.69, 9.17) is 28.0 Å². The van der Waals surface area contributed by atoms with Crippen LogP contribution in [0.25, 0.3) is 0 Å². The third-order valence-electron chi connectivity index (χ3n) is 5.54. The van der Waals surface area contributed by atoms with Gasteiger partial charge in [-0.15, -0.1) is 12.4 Å². The van der Waals surface area contributed by atoms with Gasteiger partial charge in [-0.05, 0) is 54.6 Å². The van der Waals surface area contributed by atoms with E-state index in [2.05, 4.69) is 10.6 Å². The maximum Gasteiger partial charge on any atom is 0.295 e. The summed E-state index contributed by atoms with van der Waals surface area (Å²) in [6, 6.07) is 18.0. The van der Waals surface area contributed by atoms with E-state index in [1.54, 1.807) is 35.2 Å². The smallest absolute Gasteiger partial charge is 0.295 e. The summed E-state index contributed by atoms with van der Waals surface area (Å²) in [5.74, 6) is -0.578. The number of hydrogen-bond donors (Lipinski definition) is 2. The number of anilines is 1. The maximum atomic E-state index is 13.6. The Morgan fingerprint density at radius 1 is 0.974 bits per heavy atom. The van der Waals surface area contributed by atoms with Crippen molar-refractivity contribution in [2.75, 3.05) is 37.2 Å². The van der Waals surface area contributed by atoms with E-state index in [1.807, 2.05) is 0 Å². The summed E-state index contributed by atoms with van der Waals surface area (Å²) in [4.78, 5) is 32.1.